The Morgan fingerprint density at radius 3 is 1.61 bits per heavy atom. The highest BCUT2D eigenvalue weighted by molar-refractivity contribution is 5.64. The van der Waals surface area contributed by atoms with E-state index in [4.69, 9.17) is 4.74 Å². The third kappa shape index (κ3) is 2.97. The summed E-state index contributed by atoms with van der Waals surface area (Å²) in [7, 11) is 1.60. The highest BCUT2D eigenvalue weighted by Gasteiger charge is 2.04. The van der Waals surface area contributed by atoms with E-state index in [1.807, 2.05) is 24.3 Å². The number of alkyl halides is 2. The largest absolute Gasteiger partial charge is 0.497 e. The van der Waals surface area contributed by atoms with E-state index in [1.54, 1.807) is 19.2 Å². The summed E-state index contributed by atoms with van der Waals surface area (Å²) in [5, 5.41) is 0. The Labute approximate surface area is 104 Å². The molecule has 2 aromatic rings. The molecule has 0 unspecified atom stereocenters. The van der Waals surface area contributed by atoms with Crippen molar-refractivity contribution in [1.29, 1.82) is 0 Å². The zero-order valence-corrected chi connectivity index (χ0v) is 9.77. The first kappa shape index (κ1) is 12.4. The Hall–Kier alpha value is -2.10. The summed E-state index contributed by atoms with van der Waals surface area (Å²) in [6.45, 7) is -2.79. The minimum atomic E-state index is -2.79. The summed E-state index contributed by atoms with van der Waals surface area (Å²) in [5.74, 6) is 0.929. The summed E-state index contributed by atoms with van der Waals surface area (Å²) in [6.07, 6.45) is 0. The van der Waals surface area contributed by atoms with Crippen molar-refractivity contribution in [2.45, 2.75) is 6.61 Å². The van der Waals surface area contributed by atoms with E-state index in [9.17, 15) is 8.78 Å². The van der Waals surface area contributed by atoms with E-state index in [2.05, 4.69) is 4.74 Å². The number of hydrogen-bond donors (Lipinski definition) is 0. The number of ether oxygens (including phenoxy) is 2. The van der Waals surface area contributed by atoms with Crippen LogP contribution in [-0.4, -0.2) is 13.7 Å². The minimum absolute atomic E-state index is 0.155. The fourth-order valence-electron chi connectivity index (χ4n) is 1.61. The van der Waals surface area contributed by atoms with Crippen molar-refractivity contribution in [3.05, 3.63) is 48.5 Å². The molecule has 0 aliphatic rings. The van der Waals surface area contributed by atoms with Gasteiger partial charge in [-0.05, 0) is 35.4 Å². The Balaban J connectivity index is 2.17. The molecule has 0 fully saturated rings. The van der Waals surface area contributed by atoms with Gasteiger partial charge < -0.3 is 9.47 Å². The Morgan fingerprint density at radius 1 is 0.778 bits per heavy atom. The van der Waals surface area contributed by atoms with Crippen LogP contribution in [-0.2, 0) is 0 Å². The molecule has 2 aromatic carbocycles. The molecule has 0 atom stereocenters. The number of benzene rings is 2. The van der Waals surface area contributed by atoms with Crippen LogP contribution >= 0.6 is 0 Å². The van der Waals surface area contributed by atoms with Crippen LogP contribution in [0, 0.1) is 0 Å². The van der Waals surface area contributed by atoms with Crippen LogP contribution in [0.3, 0.4) is 0 Å². The van der Waals surface area contributed by atoms with Crippen molar-refractivity contribution in [2.75, 3.05) is 7.11 Å². The number of hydrogen-bond acceptors (Lipinski definition) is 2. The topological polar surface area (TPSA) is 18.5 Å². The summed E-state index contributed by atoms with van der Waals surface area (Å²) in [5.41, 5.74) is 1.92. The van der Waals surface area contributed by atoms with Gasteiger partial charge >= 0.3 is 6.61 Å². The van der Waals surface area contributed by atoms with E-state index in [-0.39, 0.29) is 5.75 Å². The van der Waals surface area contributed by atoms with E-state index >= 15 is 0 Å². The van der Waals surface area contributed by atoms with Crippen molar-refractivity contribution in [3.63, 3.8) is 0 Å². The predicted octanol–water partition coefficient (Wildman–Crippen LogP) is 3.96. The Bertz CT molecular complexity index is 492. The van der Waals surface area contributed by atoms with Crippen LogP contribution in [0.1, 0.15) is 0 Å². The van der Waals surface area contributed by atoms with Crippen LogP contribution in [0.25, 0.3) is 11.1 Å². The van der Waals surface area contributed by atoms with Crippen molar-refractivity contribution < 1.29 is 18.3 Å². The average molecular weight is 250 g/mol. The standard InChI is InChI=1S/C14H12F2O2/c1-17-12-6-2-10(3-7-12)11-4-8-13(9-5-11)18-14(15)16/h2-9,14H,1H3. The lowest BCUT2D eigenvalue weighted by molar-refractivity contribution is -0.0498. The van der Waals surface area contributed by atoms with E-state index in [0.717, 1.165) is 16.9 Å². The first-order chi connectivity index (χ1) is 8.69. The van der Waals surface area contributed by atoms with Crippen molar-refractivity contribution in [1.82, 2.24) is 0 Å². The van der Waals surface area contributed by atoms with Crippen molar-refractivity contribution >= 4 is 0 Å². The van der Waals surface area contributed by atoms with Crippen LogP contribution < -0.4 is 9.47 Å². The van der Waals surface area contributed by atoms with Gasteiger partial charge in [-0.1, -0.05) is 24.3 Å². The minimum Gasteiger partial charge on any atom is -0.497 e. The van der Waals surface area contributed by atoms with Gasteiger partial charge in [-0.3, -0.25) is 0 Å². The Kier molecular flexibility index (Phi) is 3.77. The fourth-order valence-corrected chi connectivity index (χ4v) is 1.61. The summed E-state index contributed by atoms with van der Waals surface area (Å²) < 4.78 is 33.3. The van der Waals surface area contributed by atoms with Gasteiger partial charge in [0.15, 0.2) is 0 Å². The molecule has 0 aliphatic carbocycles. The molecular weight excluding hydrogens is 238 g/mol. The second-order valence-electron chi connectivity index (χ2n) is 3.63. The van der Waals surface area contributed by atoms with E-state index in [0.29, 0.717) is 0 Å². The molecule has 2 nitrogen and oxygen atoms in total. The molecule has 2 rings (SSSR count). The monoisotopic (exact) mass is 250 g/mol. The third-order valence-electron chi connectivity index (χ3n) is 2.50. The smallest absolute Gasteiger partial charge is 0.387 e. The SMILES string of the molecule is COc1ccc(-c2ccc(OC(F)F)cc2)cc1. The average Bonchev–Trinajstić information content (AvgIpc) is 2.39. The van der Waals surface area contributed by atoms with Crippen LogP contribution in [0.5, 0.6) is 11.5 Å². The summed E-state index contributed by atoms with van der Waals surface area (Å²) >= 11 is 0. The van der Waals surface area contributed by atoms with Crippen LogP contribution in [0.4, 0.5) is 8.78 Å². The number of halogens is 2. The van der Waals surface area contributed by atoms with Crippen molar-refractivity contribution in [2.24, 2.45) is 0 Å². The molecule has 0 amide bonds. The molecule has 0 aliphatic heterocycles. The molecule has 0 N–H and O–H groups in total. The molecule has 0 heterocycles. The molecule has 0 bridgehead atoms. The van der Waals surface area contributed by atoms with Crippen molar-refractivity contribution in [3.8, 4) is 22.6 Å². The third-order valence-corrected chi connectivity index (χ3v) is 2.50. The van der Waals surface area contributed by atoms with Crippen LogP contribution in [0.2, 0.25) is 0 Å². The highest BCUT2D eigenvalue weighted by Crippen LogP contribution is 2.25. The molecule has 18 heavy (non-hydrogen) atoms. The maximum Gasteiger partial charge on any atom is 0.387 e. The fraction of sp³-hybridized carbons (Fsp3) is 0.143. The Morgan fingerprint density at radius 2 is 1.22 bits per heavy atom. The quantitative estimate of drug-likeness (QED) is 0.817. The van der Waals surface area contributed by atoms with Gasteiger partial charge in [-0.15, -0.1) is 0 Å². The lowest BCUT2D eigenvalue weighted by Crippen LogP contribution is -2.01. The number of rotatable bonds is 4. The predicted molar refractivity (Wildman–Crippen MR) is 65.1 cm³/mol. The van der Waals surface area contributed by atoms with Crippen LogP contribution in [0.15, 0.2) is 48.5 Å². The maximum atomic E-state index is 12.0. The van der Waals surface area contributed by atoms with Gasteiger partial charge in [0.05, 0.1) is 7.11 Å². The highest BCUT2D eigenvalue weighted by atomic mass is 19.3. The molecule has 0 saturated carbocycles. The van der Waals surface area contributed by atoms with Gasteiger partial charge in [-0.2, -0.15) is 8.78 Å². The van der Waals surface area contributed by atoms with E-state index in [1.165, 1.54) is 12.1 Å². The lowest BCUT2D eigenvalue weighted by atomic mass is 10.1. The van der Waals surface area contributed by atoms with Gasteiger partial charge in [0.25, 0.3) is 0 Å². The van der Waals surface area contributed by atoms with E-state index < -0.39 is 6.61 Å². The van der Waals surface area contributed by atoms with Gasteiger partial charge in [-0.25, -0.2) is 0 Å². The lowest BCUT2D eigenvalue weighted by Gasteiger charge is -2.06. The molecule has 94 valence electrons. The molecule has 0 radical (unpaired) electrons. The molecule has 4 heteroatoms. The number of methoxy groups -OCH3 is 1. The second-order valence-corrected chi connectivity index (χ2v) is 3.63. The van der Waals surface area contributed by atoms with Gasteiger partial charge in [0.2, 0.25) is 0 Å². The molecule has 0 aromatic heterocycles. The normalized spacial score (nSPS) is 10.4. The summed E-state index contributed by atoms with van der Waals surface area (Å²) in [4.78, 5) is 0. The second kappa shape index (κ2) is 5.49. The first-order valence-corrected chi connectivity index (χ1v) is 5.38. The first-order valence-electron chi connectivity index (χ1n) is 5.38. The zero-order valence-electron chi connectivity index (χ0n) is 9.77. The zero-order chi connectivity index (χ0) is 13.0. The summed E-state index contributed by atoms with van der Waals surface area (Å²) in [6, 6.07) is 14.0. The van der Waals surface area contributed by atoms with Gasteiger partial charge in [0.1, 0.15) is 11.5 Å². The molecular formula is C14H12F2O2. The maximum absolute atomic E-state index is 12.0. The van der Waals surface area contributed by atoms with Gasteiger partial charge in [0, 0.05) is 0 Å². The molecule has 0 spiro atoms. The molecule has 0 saturated heterocycles.